The van der Waals surface area contributed by atoms with Crippen LogP contribution in [-0.2, 0) is 4.79 Å². The number of benzene rings is 1. The Labute approximate surface area is 97.4 Å². The smallest absolute Gasteiger partial charge is 0.323 e. The van der Waals surface area contributed by atoms with Gasteiger partial charge in [-0.2, -0.15) is 0 Å². The summed E-state index contributed by atoms with van der Waals surface area (Å²) in [5.74, 6) is -1.10. The molecule has 0 aromatic heterocycles. The molecule has 16 heavy (non-hydrogen) atoms. The second-order valence-corrected chi connectivity index (χ2v) is 3.60. The molecule has 0 saturated heterocycles. The number of amides is 2. The number of hydrogen-bond donors (Lipinski definition) is 3. The lowest BCUT2D eigenvalue weighted by atomic mass is 10.2. The van der Waals surface area contributed by atoms with Crippen LogP contribution in [-0.4, -0.2) is 23.7 Å². The van der Waals surface area contributed by atoms with E-state index in [1.54, 1.807) is 18.2 Å². The van der Waals surface area contributed by atoms with Gasteiger partial charge in [0.15, 0.2) is 0 Å². The van der Waals surface area contributed by atoms with Crippen molar-refractivity contribution in [3.8, 4) is 0 Å². The number of rotatable bonds is 3. The van der Waals surface area contributed by atoms with E-state index in [9.17, 15) is 9.59 Å². The number of hydrogen-bond acceptors (Lipinski definition) is 2. The summed E-state index contributed by atoms with van der Waals surface area (Å²) < 4.78 is 0. The molecule has 0 unspecified atom stereocenters. The van der Waals surface area contributed by atoms with E-state index in [-0.39, 0.29) is 0 Å². The van der Waals surface area contributed by atoms with E-state index in [4.69, 9.17) is 16.7 Å². The van der Waals surface area contributed by atoms with Crippen LogP contribution in [0.25, 0.3) is 0 Å². The molecular weight excluding hydrogens is 232 g/mol. The van der Waals surface area contributed by atoms with Gasteiger partial charge in [0.2, 0.25) is 0 Å². The van der Waals surface area contributed by atoms with Crippen LogP contribution < -0.4 is 10.6 Å². The van der Waals surface area contributed by atoms with Crippen molar-refractivity contribution in [1.29, 1.82) is 0 Å². The second kappa shape index (κ2) is 5.37. The maximum atomic E-state index is 11.3. The van der Waals surface area contributed by atoms with Gasteiger partial charge in [0.05, 0.1) is 0 Å². The molecule has 1 aromatic carbocycles. The minimum atomic E-state index is -1.10. The highest BCUT2D eigenvalue weighted by Crippen LogP contribution is 2.19. The lowest BCUT2D eigenvalue weighted by Gasteiger charge is -2.08. The number of carboxylic acids is 1. The van der Waals surface area contributed by atoms with Gasteiger partial charge >= 0.3 is 12.0 Å². The third-order valence-electron chi connectivity index (χ3n) is 1.85. The fourth-order valence-corrected chi connectivity index (χ4v) is 1.22. The maximum Gasteiger partial charge on any atom is 0.323 e. The highest BCUT2D eigenvalue weighted by molar-refractivity contribution is 6.31. The molecule has 0 spiro atoms. The molecule has 2 amide bonds. The zero-order chi connectivity index (χ0) is 12.1. The van der Waals surface area contributed by atoms with Crippen LogP contribution >= 0.6 is 11.6 Å². The van der Waals surface area contributed by atoms with Gasteiger partial charge in [0.25, 0.3) is 0 Å². The number of aliphatic carboxylic acids is 1. The summed E-state index contributed by atoms with van der Waals surface area (Å²) in [6, 6.07) is 4.48. The van der Waals surface area contributed by atoms with Gasteiger partial charge in [-0.05, 0) is 24.6 Å². The molecule has 0 saturated carbocycles. The van der Waals surface area contributed by atoms with Crippen LogP contribution in [0.15, 0.2) is 18.2 Å². The van der Waals surface area contributed by atoms with E-state index in [1.807, 2.05) is 6.92 Å². The molecule has 86 valence electrons. The normalized spacial score (nSPS) is 9.62. The summed E-state index contributed by atoms with van der Waals surface area (Å²) in [5, 5.41) is 13.6. The van der Waals surface area contributed by atoms with Crippen LogP contribution in [0.3, 0.4) is 0 Å². The summed E-state index contributed by atoms with van der Waals surface area (Å²) in [7, 11) is 0. The Hall–Kier alpha value is -1.75. The van der Waals surface area contributed by atoms with E-state index in [2.05, 4.69) is 10.6 Å². The molecule has 0 aliphatic carbocycles. The van der Waals surface area contributed by atoms with Crippen molar-refractivity contribution < 1.29 is 14.7 Å². The van der Waals surface area contributed by atoms with E-state index < -0.39 is 18.5 Å². The predicted molar refractivity (Wildman–Crippen MR) is 60.8 cm³/mol. The zero-order valence-corrected chi connectivity index (χ0v) is 9.34. The van der Waals surface area contributed by atoms with E-state index in [1.165, 1.54) is 0 Å². The fourth-order valence-electron chi connectivity index (χ4n) is 1.05. The molecule has 6 heteroatoms. The summed E-state index contributed by atoms with van der Waals surface area (Å²) in [4.78, 5) is 21.5. The molecule has 0 bridgehead atoms. The van der Waals surface area contributed by atoms with E-state index in [0.29, 0.717) is 10.7 Å². The third kappa shape index (κ3) is 3.78. The quantitative estimate of drug-likeness (QED) is 0.757. The zero-order valence-electron chi connectivity index (χ0n) is 8.58. The monoisotopic (exact) mass is 242 g/mol. The Kier molecular flexibility index (Phi) is 4.13. The number of carboxylic acid groups (broad SMARTS) is 1. The largest absolute Gasteiger partial charge is 0.480 e. The molecule has 3 N–H and O–H groups in total. The van der Waals surface area contributed by atoms with Crippen LogP contribution in [0.5, 0.6) is 0 Å². The molecule has 0 aliphatic rings. The van der Waals surface area contributed by atoms with Gasteiger partial charge in [0.1, 0.15) is 6.54 Å². The van der Waals surface area contributed by atoms with Crippen molar-refractivity contribution in [2.24, 2.45) is 0 Å². The summed E-state index contributed by atoms with van der Waals surface area (Å²) in [6.45, 7) is 1.38. The highest BCUT2D eigenvalue weighted by atomic mass is 35.5. The Balaban J connectivity index is 2.62. The summed E-state index contributed by atoms with van der Waals surface area (Å²) in [6.07, 6.45) is 0. The average molecular weight is 243 g/mol. The van der Waals surface area contributed by atoms with Crippen molar-refractivity contribution in [2.75, 3.05) is 11.9 Å². The molecule has 0 fully saturated rings. The molecule has 5 nitrogen and oxygen atoms in total. The Morgan fingerprint density at radius 1 is 1.44 bits per heavy atom. The van der Waals surface area contributed by atoms with Crippen molar-refractivity contribution >= 4 is 29.3 Å². The molecular formula is C10H11ClN2O3. The molecule has 1 aromatic rings. The topological polar surface area (TPSA) is 78.4 Å². The van der Waals surface area contributed by atoms with Crippen molar-refractivity contribution in [1.82, 2.24) is 5.32 Å². The van der Waals surface area contributed by atoms with Crippen molar-refractivity contribution in [2.45, 2.75) is 6.92 Å². The van der Waals surface area contributed by atoms with Crippen molar-refractivity contribution in [3.05, 3.63) is 28.8 Å². The maximum absolute atomic E-state index is 11.3. The van der Waals surface area contributed by atoms with Crippen LogP contribution in [0.2, 0.25) is 5.02 Å². The SMILES string of the molecule is Cc1ccc(Cl)cc1NC(=O)NCC(=O)O. The number of carbonyl (C=O) groups is 2. The van der Waals surface area contributed by atoms with Gasteiger partial charge in [-0.1, -0.05) is 17.7 Å². The lowest BCUT2D eigenvalue weighted by molar-refractivity contribution is -0.135. The summed E-state index contributed by atoms with van der Waals surface area (Å²) >= 11 is 5.76. The van der Waals surface area contributed by atoms with Gasteiger partial charge in [-0.25, -0.2) is 4.79 Å². The van der Waals surface area contributed by atoms with Gasteiger partial charge in [-0.3, -0.25) is 4.79 Å². The molecule has 0 atom stereocenters. The molecule has 0 heterocycles. The van der Waals surface area contributed by atoms with Crippen LogP contribution in [0.4, 0.5) is 10.5 Å². The second-order valence-electron chi connectivity index (χ2n) is 3.16. The number of halogens is 1. The molecule has 1 rings (SSSR count). The standard InChI is InChI=1S/C10H11ClN2O3/c1-6-2-3-7(11)4-8(6)13-10(16)12-5-9(14)15/h2-4H,5H2,1H3,(H,14,15)(H2,12,13,16). The Bertz CT molecular complexity index is 421. The first kappa shape index (κ1) is 12.3. The lowest BCUT2D eigenvalue weighted by Crippen LogP contribution is -2.33. The Morgan fingerprint density at radius 2 is 2.12 bits per heavy atom. The first-order chi connectivity index (χ1) is 7.49. The molecule has 0 radical (unpaired) electrons. The third-order valence-corrected chi connectivity index (χ3v) is 2.08. The van der Waals surface area contributed by atoms with E-state index >= 15 is 0 Å². The summed E-state index contributed by atoms with van der Waals surface area (Å²) in [5.41, 5.74) is 1.39. The number of nitrogens with one attached hydrogen (secondary N) is 2. The number of anilines is 1. The Morgan fingerprint density at radius 3 is 2.75 bits per heavy atom. The number of aryl methyl sites for hydroxylation is 1. The van der Waals surface area contributed by atoms with Gasteiger partial charge < -0.3 is 15.7 Å². The van der Waals surface area contributed by atoms with Gasteiger partial charge in [-0.15, -0.1) is 0 Å². The predicted octanol–water partition coefficient (Wildman–Crippen LogP) is 1.85. The number of carbonyl (C=O) groups excluding carboxylic acids is 1. The van der Waals surface area contributed by atoms with E-state index in [0.717, 1.165) is 5.56 Å². The number of urea groups is 1. The minimum Gasteiger partial charge on any atom is -0.480 e. The first-order valence-electron chi connectivity index (χ1n) is 4.52. The average Bonchev–Trinajstić information content (AvgIpc) is 2.20. The fraction of sp³-hybridized carbons (Fsp3) is 0.200. The highest BCUT2D eigenvalue weighted by Gasteiger charge is 2.06. The van der Waals surface area contributed by atoms with Crippen LogP contribution in [0, 0.1) is 6.92 Å². The first-order valence-corrected chi connectivity index (χ1v) is 4.89. The van der Waals surface area contributed by atoms with Crippen LogP contribution in [0.1, 0.15) is 5.56 Å². The van der Waals surface area contributed by atoms with Gasteiger partial charge in [0, 0.05) is 10.7 Å². The minimum absolute atomic E-state index is 0.425. The molecule has 0 aliphatic heterocycles. The van der Waals surface area contributed by atoms with Crippen molar-refractivity contribution in [3.63, 3.8) is 0 Å².